The van der Waals surface area contributed by atoms with Crippen LogP contribution in [0.4, 0.5) is 18.9 Å². The van der Waals surface area contributed by atoms with Crippen LogP contribution in [0.5, 0.6) is 17.2 Å². The maximum Gasteiger partial charge on any atom is 0.416 e. The van der Waals surface area contributed by atoms with Crippen LogP contribution in [0.25, 0.3) is 0 Å². The second kappa shape index (κ2) is 7.78. The Bertz CT molecular complexity index is 747. The molecular weight excluding hydrogens is 339 g/mol. The number of amides is 1. The number of anilines is 1. The summed E-state index contributed by atoms with van der Waals surface area (Å²) in [5, 5.41) is 2.56. The third kappa shape index (κ3) is 5.03. The van der Waals surface area contributed by atoms with E-state index in [0.717, 1.165) is 12.1 Å². The van der Waals surface area contributed by atoms with Crippen molar-refractivity contribution in [3.8, 4) is 17.2 Å². The van der Waals surface area contributed by atoms with Gasteiger partial charge in [0.05, 0.1) is 25.5 Å². The number of alkyl halides is 3. The van der Waals surface area contributed by atoms with Gasteiger partial charge in [0.15, 0.2) is 6.61 Å². The fourth-order valence-corrected chi connectivity index (χ4v) is 2.00. The molecule has 0 saturated heterocycles. The predicted molar refractivity (Wildman–Crippen MR) is 85.1 cm³/mol. The number of benzene rings is 2. The summed E-state index contributed by atoms with van der Waals surface area (Å²) in [7, 11) is 2.93. The number of hydrogen-bond acceptors (Lipinski definition) is 4. The lowest BCUT2D eigenvalue weighted by Crippen LogP contribution is -2.20. The van der Waals surface area contributed by atoms with Crippen molar-refractivity contribution in [1.29, 1.82) is 0 Å². The molecule has 0 spiro atoms. The minimum atomic E-state index is -4.47. The number of halogens is 3. The molecule has 0 aromatic heterocycles. The van der Waals surface area contributed by atoms with Gasteiger partial charge >= 0.3 is 6.18 Å². The van der Waals surface area contributed by atoms with Crippen LogP contribution >= 0.6 is 0 Å². The summed E-state index contributed by atoms with van der Waals surface area (Å²) < 4.78 is 53.2. The molecule has 2 rings (SSSR count). The van der Waals surface area contributed by atoms with E-state index in [1.807, 2.05) is 0 Å². The van der Waals surface area contributed by atoms with Crippen molar-refractivity contribution < 1.29 is 32.2 Å². The number of methoxy groups -OCH3 is 2. The molecule has 0 radical (unpaired) electrons. The van der Waals surface area contributed by atoms with Gasteiger partial charge in [0.2, 0.25) is 0 Å². The van der Waals surface area contributed by atoms with Gasteiger partial charge in [0, 0.05) is 6.07 Å². The number of carbonyl (C=O) groups excluding carboxylic acids is 1. The lowest BCUT2D eigenvalue weighted by Gasteiger charge is -2.13. The molecular formula is C17H16F3NO4. The fraction of sp³-hybridized carbons (Fsp3) is 0.235. The van der Waals surface area contributed by atoms with Crippen molar-refractivity contribution in [3.63, 3.8) is 0 Å². The van der Waals surface area contributed by atoms with E-state index < -0.39 is 24.3 Å². The van der Waals surface area contributed by atoms with Gasteiger partial charge in [0.1, 0.15) is 17.2 Å². The lowest BCUT2D eigenvalue weighted by molar-refractivity contribution is -0.137. The second-order valence-electron chi connectivity index (χ2n) is 4.93. The molecule has 0 saturated carbocycles. The van der Waals surface area contributed by atoms with E-state index in [2.05, 4.69) is 5.32 Å². The van der Waals surface area contributed by atoms with E-state index in [1.165, 1.54) is 26.4 Å². The number of hydrogen-bond donors (Lipinski definition) is 1. The molecule has 134 valence electrons. The number of rotatable bonds is 6. The predicted octanol–water partition coefficient (Wildman–Crippen LogP) is 3.74. The molecule has 0 aliphatic rings. The highest BCUT2D eigenvalue weighted by Crippen LogP contribution is 2.31. The normalized spacial score (nSPS) is 10.9. The highest BCUT2D eigenvalue weighted by molar-refractivity contribution is 5.93. The van der Waals surface area contributed by atoms with E-state index >= 15 is 0 Å². The van der Waals surface area contributed by atoms with Crippen LogP contribution in [0.15, 0.2) is 42.5 Å². The summed E-state index contributed by atoms with van der Waals surface area (Å²) in [5.41, 5.74) is -0.455. The molecule has 8 heteroatoms. The Morgan fingerprint density at radius 1 is 1.04 bits per heavy atom. The van der Waals surface area contributed by atoms with Gasteiger partial charge in [-0.1, -0.05) is 6.07 Å². The maximum atomic E-state index is 12.6. The topological polar surface area (TPSA) is 56.8 Å². The van der Waals surface area contributed by atoms with Gasteiger partial charge in [-0.3, -0.25) is 4.79 Å². The van der Waals surface area contributed by atoms with Crippen LogP contribution in [0.2, 0.25) is 0 Å². The summed E-state index contributed by atoms with van der Waals surface area (Å²) in [6, 6.07) is 9.12. The van der Waals surface area contributed by atoms with E-state index in [1.54, 1.807) is 18.2 Å². The monoisotopic (exact) mass is 355 g/mol. The minimum Gasteiger partial charge on any atom is -0.497 e. The van der Waals surface area contributed by atoms with Crippen molar-refractivity contribution in [1.82, 2.24) is 0 Å². The molecule has 2 aromatic carbocycles. The Kier molecular flexibility index (Phi) is 5.74. The van der Waals surface area contributed by atoms with Gasteiger partial charge in [-0.25, -0.2) is 0 Å². The average molecular weight is 355 g/mol. The molecule has 1 N–H and O–H groups in total. The summed E-state index contributed by atoms with van der Waals surface area (Å²) in [5.74, 6) is 0.342. The minimum absolute atomic E-state index is 0.0494. The van der Waals surface area contributed by atoms with Crippen LogP contribution in [0, 0.1) is 0 Å². The molecule has 0 atom stereocenters. The van der Waals surface area contributed by atoms with Gasteiger partial charge in [-0.2, -0.15) is 13.2 Å². The first-order chi connectivity index (χ1) is 11.8. The average Bonchev–Trinajstić information content (AvgIpc) is 2.60. The third-order valence-electron chi connectivity index (χ3n) is 3.21. The Morgan fingerprint density at radius 2 is 1.80 bits per heavy atom. The molecule has 0 aliphatic heterocycles. The Morgan fingerprint density at radius 3 is 2.44 bits per heavy atom. The van der Waals surface area contributed by atoms with Crippen LogP contribution in [0.3, 0.4) is 0 Å². The van der Waals surface area contributed by atoms with Crippen molar-refractivity contribution in [2.75, 3.05) is 26.1 Å². The van der Waals surface area contributed by atoms with E-state index in [4.69, 9.17) is 14.2 Å². The largest absolute Gasteiger partial charge is 0.497 e. The quantitative estimate of drug-likeness (QED) is 0.858. The first-order valence-corrected chi connectivity index (χ1v) is 7.15. The zero-order chi connectivity index (χ0) is 18.4. The molecule has 0 heterocycles. The molecule has 0 aliphatic carbocycles. The third-order valence-corrected chi connectivity index (χ3v) is 3.21. The van der Waals surface area contributed by atoms with Crippen LogP contribution in [-0.2, 0) is 11.0 Å². The maximum absolute atomic E-state index is 12.6. The smallest absolute Gasteiger partial charge is 0.416 e. The van der Waals surface area contributed by atoms with Crippen molar-refractivity contribution in [2.45, 2.75) is 6.18 Å². The van der Waals surface area contributed by atoms with Gasteiger partial charge in [0.25, 0.3) is 5.91 Å². The first-order valence-electron chi connectivity index (χ1n) is 7.15. The molecule has 0 unspecified atom stereocenters. The summed E-state index contributed by atoms with van der Waals surface area (Å²) in [6.07, 6.45) is -4.47. The lowest BCUT2D eigenvalue weighted by atomic mass is 10.2. The molecule has 0 bridgehead atoms. The van der Waals surface area contributed by atoms with Gasteiger partial charge in [-0.05, 0) is 30.3 Å². The van der Waals surface area contributed by atoms with Crippen LogP contribution in [-0.4, -0.2) is 26.7 Å². The molecule has 0 fully saturated rings. The van der Waals surface area contributed by atoms with E-state index in [9.17, 15) is 18.0 Å². The zero-order valence-electron chi connectivity index (χ0n) is 13.5. The Hall–Kier alpha value is -2.90. The molecule has 5 nitrogen and oxygen atoms in total. The molecule has 1 amide bonds. The fourth-order valence-electron chi connectivity index (χ4n) is 2.00. The number of ether oxygens (including phenoxy) is 3. The zero-order valence-corrected chi connectivity index (χ0v) is 13.5. The Balaban J connectivity index is 2.00. The Labute approximate surface area is 142 Å². The second-order valence-corrected chi connectivity index (χ2v) is 4.93. The van der Waals surface area contributed by atoms with Crippen molar-refractivity contribution >= 4 is 11.6 Å². The molecule has 25 heavy (non-hydrogen) atoms. The van der Waals surface area contributed by atoms with Crippen LogP contribution < -0.4 is 19.5 Å². The number of nitrogens with one attached hydrogen (secondary N) is 1. The van der Waals surface area contributed by atoms with Gasteiger partial charge in [-0.15, -0.1) is 0 Å². The highest BCUT2D eigenvalue weighted by Gasteiger charge is 2.30. The van der Waals surface area contributed by atoms with E-state index in [-0.39, 0.29) is 5.75 Å². The standard InChI is InChI=1S/C17H16F3NO4/c1-23-12-6-7-14(15(9-12)24-2)21-16(22)10-25-13-5-3-4-11(8-13)17(18,19)20/h3-9H,10H2,1-2H3,(H,21,22). The van der Waals surface area contributed by atoms with Crippen molar-refractivity contribution in [2.24, 2.45) is 0 Å². The highest BCUT2D eigenvalue weighted by atomic mass is 19.4. The van der Waals surface area contributed by atoms with Crippen LogP contribution in [0.1, 0.15) is 5.56 Å². The SMILES string of the molecule is COc1ccc(NC(=O)COc2cccc(C(F)(F)F)c2)c(OC)c1. The summed E-state index contributed by atoms with van der Waals surface area (Å²) >= 11 is 0. The first kappa shape index (κ1) is 18.4. The van der Waals surface area contributed by atoms with Crippen molar-refractivity contribution in [3.05, 3.63) is 48.0 Å². The van der Waals surface area contributed by atoms with Gasteiger partial charge < -0.3 is 19.5 Å². The van der Waals surface area contributed by atoms with E-state index in [0.29, 0.717) is 17.2 Å². The number of carbonyl (C=O) groups is 1. The summed E-state index contributed by atoms with van der Waals surface area (Å²) in [6.45, 7) is -0.448. The molecule has 2 aromatic rings. The summed E-state index contributed by atoms with van der Waals surface area (Å²) in [4.78, 5) is 11.9.